The Kier molecular flexibility index (Phi) is 6.08. The molecule has 0 saturated heterocycles. The number of nitrogens with one attached hydrogen (secondary N) is 2. The predicted molar refractivity (Wildman–Crippen MR) is 69.5 cm³/mol. The van der Waals surface area contributed by atoms with Crippen molar-refractivity contribution >= 4 is 11.8 Å². The number of hydrogen-bond acceptors (Lipinski definition) is 4. The Morgan fingerprint density at radius 2 is 2.16 bits per heavy atom. The smallest absolute Gasteiger partial charge is 0.254 e. The van der Waals surface area contributed by atoms with Crippen LogP contribution in [0.15, 0.2) is 23.0 Å². The van der Waals surface area contributed by atoms with E-state index in [9.17, 15) is 9.59 Å². The fraction of sp³-hybridized carbons (Fsp3) is 0.538. The minimum Gasteiger partial charge on any atom is -0.472 e. The summed E-state index contributed by atoms with van der Waals surface area (Å²) < 4.78 is 4.79. The first-order valence-corrected chi connectivity index (χ1v) is 6.25. The molecule has 6 nitrogen and oxygen atoms in total. The van der Waals surface area contributed by atoms with Crippen molar-refractivity contribution in [3.05, 3.63) is 24.2 Å². The fourth-order valence-corrected chi connectivity index (χ4v) is 1.49. The summed E-state index contributed by atoms with van der Waals surface area (Å²) in [5.74, 6) is -0.307. The summed E-state index contributed by atoms with van der Waals surface area (Å²) in [6, 6.07) is 1.30. The highest BCUT2D eigenvalue weighted by Gasteiger charge is 2.15. The second kappa shape index (κ2) is 7.58. The Balaban J connectivity index is 2.25. The van der Waals surface area contributed by atoms with E-state index in [0.29, 0.717) is 5.56 Å². The molecule has 0 radical (unpaired) electrons. The van der Waals surface area contributed by atoms with Crippen LogP contribution in [-0.2, 0) is 4.79 Å². The van der Waals surface area contributed by atoms with E-state index >= 15 is 0 Å². The maximum atomic E-state index is 11.6. The van der Waals surface area contributed by atoms with Crippen LogP contribution in [0.3, 0.4) is 0 Å². The number of aliphatic hydroxyl groups excluding tert-OH is 1. The standard InChI is InChI=1S/C13H20N2O4/c1-9(2)11(7-16)15-12(17)3-5-14-13(18)10-4-6-19-8-10/h4,6,8-9,11,16H,3,5,7H2,1-2H3,(H,14,18)(H,15,17)/t11-/m1/s1. The first kappa shape index (κ1) is 15.2. The number of hydrogen-bond donors (Lipinski definition) is 3. The minimum atomic E-state index is -0.274. The summed E-state index contributed by atoms with van der Waals surface area (Å²) in [6.07, 6.45) is 2.93. The summed E-state index contributed by atoms with van der Waals surface area (Å²) in [7, 11) is 0. The molecule has 1 atom stereocenters. The van der Waals surface area contributed by atoms with E-state index in [2.05, 4.69) is 10.6 Å². The maximum absolute atomic E-state index is 11.6. The molecule has 106 valence electrons. The zero-order valence-corrected chi connectivity index (χ0v) is 11.2. The van der Waals surface area contributed by atoms with E-state index < -0.39 is 0 Å². The molecular weight excluding hydrogens is 248 g/mol. The average Bonchev–Trinajstić information content (AvgIpc) is 2.89. The molecule has 0 bridgehead atoms. The molecule has 19 heavy (non-hydrogen) atoms. The van der Waals surface area contributed by atoms with Crippen LogP contribution in [0.5, 0.6) is 0 Å². The minimum absolute atomic E-state index is 0.0925. The van der Waals surface area contributed by atoms with Crippen LogP contribution >= 0.6 is 0 Å². The number of carbonyl (C=O) groups excluding carboxylic acids is 2. The number of furan rings is 1. The highest BCUT2D eigenvalue weighted by atomic mass is 16.3. The summed E-state index contributed by atoms with van der Waals surface area (Å²) in [4.78, 5) is 23.1. The van der Waals surface area contributed by atoms with Gasteiger partial charge < -0.3 is 20.2 Å². The molecular formula is C13H20N2O4. The Labute approximate surface area is 112 Å². The molecule has 1 aromatic rings. The van der Waals surface area contributed by atoms with Crippen molar-refractivity contribution in [2.45, 2.75) is 26.3 Å². The Bertz CT molecular complexity index is 401. The molecule has 0 unspecified atom stereocenters. The van der Waals surface area contributed by atoms with Crippen LogP contribution in [0.2, 0.25) is 0 Å². The number of rotatable bonds is 7. The molecule has 0 saturated carbocycles. The van der Waals surface area contributed by atoms with Gasteiger partial charge in [-0.2, -0.15) is 0 Å². The second-order valence-electron chi connectivity index (χ2n) is 4.62. The Morgan fingerprint density at radius 3 is 2.68 bits per heavy atom. The lowest BCUT2D eigenvalue weighted by Gasteiger charge is -2.19. The van der Waals surface area contributed by atoms with Crippen LogP contribution in [0.25, 0.3) is 0 Å². The number of amides is 2. The topological polar surface area (TPSA) is 91.6 Å². The van der Waals surface area contributed by atoms with E-state index in [4.69, 9.17) is 9.52 Å². The van der Waals surface area contributed by atoms with E-state index in [-0.39, 0.29) is 43.3 Å². The summed E-state index contributed by atoms with van der Waals surface area (Å²) in [5.41, 5.74) is 0.427. The van der Waals surface area contributed by atoms with Crippen molar-refractivity contribution in [1.29, 1.82) is 0 Å². The highest BCUT2D eigenvalue weighted by Crippen LogP contribution is 2.01. The van der Waals surface area contributed by atoms with Gasteiger partial charge in [0.15, 0.2) is 0 Å². The van der Waals surface area contributed by atoms with Gasteiger partial charge in [-0.15, -0.1) is 0 Å². The highest BCUT2D eigenvalue weighted by molar-refractivity contribution is 5.94. The predicted octanol–water partition coefficient (Wildman–Crippen LogP) is 0.533. The SMILES string of the molecule is CC(C)[C@@H](CO)NC(=O)CCNC(=O)c1ccoc1. The van der Waals surface area contributed by atoms with Gasteiger partial charge in [-0.25, -0.2) is 0 Å². The van der Waals surface area contributed by atoms with E-state index in [1.54, 1.807) is 6.07 Å². The molecule has 0 spiro atoms. The van der Waals surface area contributed by atoms with Gasteiger partial charge in [0.1, 0.15) is 6.26 Å². The zero-order chi connectivity index (χ0) is 14.3. The van der Waals surface area contributed by atoms with Crippen LogP contribution in [-0.4, -0.2) is 36.1 Å². The quantitative estimate of drug-likeness (QED) is 0.672. The van der Waals surface area contributed by atoms with Gasteiger partial charge in [0.25, 0.3) is 5.91 Å². The third-order valence-electron chi connectivity index (χ3n) is 2.77. The van der Waals surface area contributed by atoms with Crippen LogP contribution in [0.1, 0.15) is 30.6 Å². The molecule has 0 aliphatic rings. The molecule has 6 heteroatoms. The van der Waals surface area contributed by atoms with Gasteiger partial charge in [0, 0.05) is 13.0 Å². The molecule has 0 aliphatic heterocycles. The van der Waals surface area contributed by atoms with E-state index in [1.807, 2.05) is 13.8 Å². The van der Waals surface area contributed by atoms with Crippen molar-refractivity contribution in [2.24, 2.45) is 5.92 Å². The van der Waals surface area contributed by atoms with Gasteiger partial charge in [0.05, 0.1) is 24.5 Å². The maximum Gasteiger partial charge on any atom is 0.254 e. The monoisotopic (exact) mass is 268 g/mol. The summed E-state index contributed by atoms with van der Waals surface area (Å²) in [6.45, 7) is 3.99. The van der Waals surface area contributed by atoms with Gasteiger partial charge in [-0.1, -0.05) is 13.8 Å². The van der Waals surface area contributed by atoms with Crippen molar-refractivity contribution in [2.75, 3.05) is 13.2 Å². The molecule has 3 N–H and O–H groups in total. The fourth-order valence-electron chi connectivity index (χ4n) is 1.49. The number of aliphatic hydroxyl groups is 1. The van der Waals surface area contributed by atoms with Gasteiger partial charge in [0.2, 0.25) is 5.91 Å². The first-order valence-electron chi connectivity index (χ1n) is 6.25. The number of carbonyl (C=O) groups is 2. The van der Waals surface area contributed by atoms with Crippen molar-refractivity contribution < 1.29 is 19.1 Å². The van der Waals surface area contributed by atoms with Crippen molar-refractivity contribution in [3.8, 4) is 0 Å². The largest absolute Gasteiger partial charge is 0.472 e. The van der Waals surface area contributed by atoms with Crippen LogP contribution < -0.4 is 10.6 Å². The third kappa shape index (κ3) is 5.13. The Hall–Kier alpha value is -1.82. The molecule has 0 aliphatic carbocycles. The molecule has 0 fully saturated rings. The van der Waals surface area contributed by atoms with Gasteiger partial charge >= 0.3 is 0 Å². The zero-order valence-electron chi connectivity index (χ0n) is 11.2. The molecule has 1 aromatic heterocycles. The van der Waals surface area contributed by atoms with Crippen LogP contribution in [0.4, 0.5) is 0 Å². The lowest BCUT2D eigenvalue weighted by Crippen LogP contribution is -2.42. The lowest BCUT2D eigenvalue weighted by molar-refractivity contribution is -0.122. The summed E-state index contributed by atoms with van der Waals surface area (Å²) >= 11 is 0. The molecule has 2 amide bonds. The first-order chi connectivity index (χ1) is 9.04. The molecule has 1 rings (SSSR count). The van der Waals surface area contributed by atoms with Crippen molar-refractivity contribution in [3.63, 3.8) is 0 Å². The Morgan fingerprint density at radius 1 is 1.42 bits per heavy atom. The average molecular weight is 268 g/mol. The van der Waals surface area contributed by atoms with E-state index in [1.165, 1.54) is 12.5 Å². The van der Waals surface area contributed by atoms with Crippen LogP contribution in [0, 0.1) is 5.92 Å². The molecule has 1 heterocycles. The van der Waals surface area contributed by atoms with Gasteiger partial charge in [-0.05, 0) is 12.0 Å². The molecule has 0 aromatic carbocycles. The normalized spacial score (nSPS) is 12.2. The second-order valence-corrected chi connectivity index (χ2v) is 4.62. The van der Waals surface area contributed by atoms with Gasteiger partial charge in [-0.3, -0.25) is 9.59 Å². The van der Waals surface area contributed by atoms with E-state index in [0.717, 1.165) is 0 Å². The van der Waals surface area contributed by atoms with Crippen molar-refractivity contribution in [1.82, 2.24) is 10.6 Å². The summed E-state index contributed by atoms with van der Waals surface area (Å²) in [5, 5.41) is 14.4. The lowest BCUT2D eigenvalue weighted by atomic mass is 10.1. The third-order valence-corrected chi connectivity index (χ3v) is 2.77.